The summed E-state index contributed by atoms with van der Waals surface area (Å²) in [5, 5.41) is 0. The molecule has 0 amide bonds. The summed E-state index contributed by atoms with van der Waals surface area (Å²) < 4.78 is 79.1. The van der Waals surface area contributed by atoms with Crippen LogP contribution in [0.25, 0.3) is 22.3 Å². The number of hydrogen-bond donors (Lipinski definition) is 0. The SMILES string of the molecule is CCCCCCCCCCCCOc1ccc(C(=O)Oc2ccc(C(=O)Oc3ccc(-c4cccc(-c5ccc(OC(=O)c6ccc(OC(=O)c7ccc(OCCCCCCCCCCCC)c(F)c7)cc6)cc5)c4F)cc3)cc2)cc1F. The highest BCUT2D eigenvalue weighted by Crippen LogP contribution is 2.34. The van der Waals surface area contributed by atoms with E-state index in [1.165, 1.54) is 163 Å². The highest BCUT2D eigenvalue weighted by atomic mass is 19.1. The van der Waals surface area contributed by atoms with Crippen LogP contribution in [0.1, 0.15) is 184 Å². The maximum Gasteiger partial charge on any atom is 0.343 e. The van der Waals surface area contributed by atoms with Gasteiger partial charge in [0.1, 0.15) is 28.8 Å². The van der Waals surface area contributed by atoms with Gasteiger partial charge in [-0.3, -0.25) is 0 Å². The lowest BCUT2D eigenvalue weighted by Gasteiger charge is -2.11. The normalized spacial score (nSPS) is 11.0. The zero-order valence-corrected chi connectivity index (χ0v) is 47.7. The lowest BCUT2D eigenvalue weighted by Crippen LogP contribution is -2.11. The fourth-order valence-corrected chi connectivity index (χ4v) is 9.40. The predicted molar refractivity (Wildman–Crippen MR) is 317 cm³/mol. The molecule has 10 nitrogen and oxygen atoms in total. The second kappa shape index (κ2) is 33.7. The number of benzene rings is 7. The molecule has 83 heavy (non-hydrogen) atoms. The number of ether oxygens (including phenoxy) is 6. The number of carbonyl (C=O) groups excluding carboxylic acids is 4. The molecule has 436 valence electrons. The third-order valence-corrected chi connectivity index (χ3v) is 14.2. The lowest BCUT2D eigenvalue weighted by atomic mass is 9.98. The molecule has 0 aliphatic heterocycles. The molecule has 0 saturated carbocycles. The summed E-state index contributed by atoms with van der Waals surface area (Å²) in [5.74, 6) is -3.87. The second-order valence-corrected chi connectivity index (χ2v) is 20.7. The Bertz CT molecular complexity index is 2950. The minimum Gasteiger partial charge on any atom is -0.491 e. The molecular weight excluding hydrogens is 1060 g/mol. The topological polar surface area (TPSA) is 124 Å². The van der Waals surface area contributed by atoms with Crippen molar-refractivity contribution in [3.8, 4) is 56.8 Å². The quantitative estimate of drug-likeness (QED) is 0.0219. The zero-order valence-electron chi connectivity index (χ0n) is 47.7. The van der Waals surface area contributed by atoms with Gasteiger partial charge in [-0.1, -0.05) is 172 Å². The molecule has 0 N–H and O–H groups in total. The van der Waals surface area contributed by atoms with Crippen molar-refractivity contribution in [1.82, 2.24) is 0 Å². The van der Waals surface area contributed by atoms with E-state index in [1.54, 1.807) is 66.7 Å². The first kappa shape index (κ1) is 62.4. The average Bonchev–Trinajstić information content (AvgIpc) is 3.64. The Labute approximate surface area is 486 Å². The van der Waals surface area contributed by atoms with Crippen LogP contribution >= 0.6 is 0 Å². The molecule has 0 atom stereocenters. The van der Waals surface area contributed by atoms with Gasteiger partial charge in [-0.05, 0) is 133 Å². The van der Waals surface area contributed by atoms with E-state index >= 15 is 4.39 Å². The van der Waals surface area contributed by atoms with Crippen LogP contribution in [-0.2, 0) is 0 Å². The van der Waals surface area contributed by atoms with Crippen LogP contribution in [-0.4, -0.2) is 37.1 Å². The van der Waals surface area contributed by atoms with E-state index in [0.717, 1.165) is 50.7 Å². The van der Waals surface area contributed by atoms with Gasteiger partial charge < -0.3 is 28.4 Å². The standard InChI is InChI=1S/C70H75F3O10/c1-3-5-7-9-11-13-15-17-19-21-46-78-64-44-34-54(48-62(64)71)69(76)82-58-40-30-52(31-41-58)67(74)80-56-36-26-50(27-37-56)60-24-23-25-61(66(60)73)51-28-38-57(39-29-51)81-68(75)53-32-42-59(43-33-53)83-70(77)55-35-45-65(63(72)49-55)79-47-22-20-18-16-14-12-10-8-6-4-2/h23-45,48-49H,3-22,46-47H2,1-2H3. The molecule has 0 saturated heterocycles. The number of unbranched alkanes of at least 4 members (excludes halogenated alkanes) is 18. The van der Waals surface area contributed by atoms with Gasteiger partial charge >= 0.3 is 23.9 Å². The maximum absolute atomic E-state index is 16.2. The van der Waals surface area contributed by atoms with Crippen LogP contribution in [0.2, 0.25) is 0 Å². The first-order valence-corrected chi connectivity index (χ1v) is 29.4. The van der Waals surface area contributed by atoms with E-state index in [2.05, 4.69) is 13.8 Å². The van der Waals surface area contributed by atoms with Crippen molar-refractivity contribution in [1.29, 1.82) is 0 Å². The molecule has 0 radical (unpaired) electrons. The van der Waals surface area contributed by atoms with Gasteiger partial charge in [0.2, 0.25) is 0 Å². The van der Waals surface area contributed by atoms with Gasteiger partial charge in [0, 0.05) is 11.1 Å². The Morgan fingerprint density at radius 3 is 0.916 bits per heavy atom. The van der Waals surface area contributed by atoms with Crippen LogP contribution in [0.3, 0.4) is 0 Å². The van der Waals surface area contributed by atoms with Gasteiger partial charge in [-0.2, -0.15) is 0 Å². The second-order valence-electron chi connectivity index (χ2n) is 20.7. The molecule has 0 fully saturated rings. The molecule has 7 aromatic carbocycles. The van der Waals surface area contributed by atoms with E-state index in [-0.39, 0.29) is 56.8 Å². The predicted octanol–water partition coefficient (Wildman–Crippen LogP) is 18.9. The van der Waals surface area contributed by atoms with Crippen LogP contribution in [0, 0.1) is 17.5 Å². The van der Waals surface area contributed by atoms with Crippen LogP contribution in [0.15, 0.2) is 152 Å². The fourth-order valence-electron chi connectivity index (χ4n) is 9.40. The van der Waals surface area contributed by atoms with Gasteiger partial charge in [0.05, 0.1) is 35.5 Å². The minimum absolute atomic E-state index is 0.00688. The first-order chi connectivity index (χ1) is 40.5. The van der Waals surface area contributed by atoms with E-state index < -0.39 is 41.3 Å². The number of esters is 4. The van der Waals surface area contributed by atoms with Crippen LogP contribution in [0.5, 0.6) is 34.5 Å². The third kappa shape index (κ3) is 20.0. The monoisotopic (exact) mass is 1130 g/mol. The molecule has 7 rings (SSSR count). The Morgan fingerprint density at radius 1 is 0.325 bits per heavy atom. The van der Waals surface area contributed by atoms with E-state index in [9.17, 15) is 28.0 Å². The third-order valence-electron chi connectivity index (χ3n) is 14.2. The highest BCUT2D eigenvalue weighted by molar-refractivity contribution is 5.94. The van der Waals surface area contributed by atoms with E-state index in [0.29, 0.717) is 35.5 Å². The minimum atomic E-state index is -0.775. The first-order valence-electron chi connectivity index (χ1n) is 29.4. The van der Waals surface area contributed by atoms with Gasteiger partial charge in [-0.25, -0.2) is 32.3 Å². The lowest BCUT2D eigenvalue weighted by molar-refractivity contribution is 0.0719. The summed E-state index contributed by atoms with van der Waals surface area (Å²) in [7, 11) is 0. The Morgan fingerprint density at radius 2 is 0.602 bits per heavy atom. The Hall–Kier alpha value is -8.19. The average molecular weight is 1130 g/mol. The van der Waals surface area contributed by atoms with E-state index in [1.807, 2.05) is 0 Å². The van der Waals surface area contributed by atoms with Crippen molar-refractivity contribution in [2.75, 3.05) is 13.2 Å². The highest BCUT2D eigenvalue weighted by Gasteiger charge is 2.18. The van der Waals surface area contributed by atoms with Gasteiger partial charge in [0.15, 0.2) is 23.1 Å². The van der Waals surface area contributed by atoms with Gasteiger partial charge in [0.25, 0.3) is 0 Å². The summed E-state index contributed by atoms with van der Waals surface area (Å²) in [4.78, 5) is 51.8. The summed E-state index contributed by atoms with van der Waals surface area (Å²) in [5.41, 5.74) is 2.01. The molecule has 0 aliphatic rings. The summed E-state index contributed by atoms with van der Waals surface area (Å²) in [6.07, 6.45) is 23.7. The number of halogens is 3. The van der Waals surface area contributed by atoms with Crippen molar-refractivity contribution in [2.45, 2.75) is 142 Å². The van der Waals surface area contributed by atoms with Crippen LogP contribution < -0.4 is 28.4 Å². The Kier molecular flexibility index (Phi) is 25.3. The summed E-state index contributed by atoms with van der Waals surface area (Å²) in [6.45, 7) is 5.22. The molecule has 0 aliphatic carbocycles. The van der Waals surface area contributed by atoms with Crippen molar-refractivity contribution >= 4 is 23.9 Å². The summed E-state index contributed by atoms with van der Waals surface area (Å²) >= 11 is 0. The maximum atomic E-state index is 16.2. The molecular formula is C70H75F3O10. The van der Waals surface area contributed by atoms with Crippen molar-refractivity contribution in [3.63, 3.8) is 0 Å². The smallest absolute Gasteiger partial charge is 0.343 e. The van der Waals surface area contributed by atoms with Gasteiger partial charge in [-0.15, -0.1) is 0 Å². The fraction of sp³-hybridized carbons (Fsp3) is 0.343. The number of hydrogen-bond acceptors (Lipinski definition) is 10. The van der Waals surface area contributed by atoms with Crippen molar-refractivity contribution < 1.29 is 60.8 Å². The largest absolute Gasteiger partial charge is 0.491 e. The molecule has 0 unspecified atom stereocenters. The molecule has 13 heteroatoms. The molecule has 0 heterocycles. The van der Waals surface area contributed by atoms with Crippen LogP contribution in [0.4, 0.5) is 13.2 Å². The van der Waals surface area contributed by atoms with Crippen molar-refractivity contribution in [2.24, 2.45) is 0 Å². The summed E-state index contributed by atoms with van der Waals surface area (Å²) in [6, 6.07) is 37.0. The number of rotatable bonds is 34. The molecule has 0 bridgehead atoms. The number of carbonyl (C=O) groups is 4. The molecule has 7 aromatic rings. The molecule has 0 aromatic heterocycles. The zero-order chi connectivity index (χ0) is 58.6. The van der Waals surface area contributed by atoms with E-state index in [4.69, 9.17) is 28.4 Å². The van der Waals surface area contributed by atoms with Crippen molar-refractivity contribution in [3.05, 3.63) is 191 Å². The Balaban J connectivity index is 0.821. The molecule has 0 spiro atoms.